The molecule has 0 fully saturated rings. The first-order valence-corrected chi connectivity index (χ1v) is 1.07. The molecule has 0 aromatic rings. The number of hydrogen-bond donors (Lipinski definition) is 0. The van der Waals surface area contributed by atoms with Crippen molar-refractivity contribution in [1.82, 2.24) is 0 Å². The van der Waals surface area contributed by atoms with E-state index in [1.807, 2.05) is 0 Å². The van der Waals surface area contributed by atoms with E-state index in [1.54, 1.807) is 0 Å². The molecule has 38 valence electrons. The summed E-state index contributed by atoms with van der Waals surface area (Å²) in [5.41, 5.74) is 0. The summed E-state index contributed by atoms with van der Waals surface area (Å²) in [5, 5.41) is 17.9. The van der Waals surface area contributed by atoms with Crippen LogP contribution < -0.4 is 10.2 Å². The largest absolute Gasteiger partial charge is 0.543 e. The predicted octanol–water partition coefficient (Wildman–Crippen LogP) is -3.51. The molecule has 0 aromatic carbocycles. The molecule has 0 atom stereocenters. The fourth-order valence-corrected chi connectivity index (χ4v) is 0. The first-order valence-electron chi connectivity index (χ1n) is 1.07. The Morgan fingerprint density at radius 2 is 1.14 bits per heavy atom. The molecule has 0 N–H and O–H groups in total. The van der Waals surface area contributed by atoms with Gasteiger partial charge in [-0.2, -0.15) is 0 Å². The van der Waals surface area contributed by atoms with Crippen molar-refractivity contribution in [3.63, 3.8) is 0 Å². The molecular weight excluding hydrogens is 326 g/mol. The molecule has 0 unspecified atom stereocenters. The summed E-state index contributed by atoms with van der Waals surface area (Å²) in [7, 11) is 0. The average molecular weight is 326 g/mol. The molecule has 0 saturated heterocycles. The maximum absolute atomic E-state index is 8.93. The van der Waals surface area contributed by atoms with Crippen molar-refractivity contribution < 1.29 is 50.9 Å². The number of aliphatic carboxylic acids is 2. The summed E-state index contributed by atoms with van der Waals surface area (Å²) in [6.45, 7) is 0. The number of carboxylic acids is 2. The van der Waals surface area contributed by atoms with Crippen LogP contribution in [0.25, 0.3) is 0 Å². The molecule has 0 radical (unpaired) electrons. The third kappa shape index (κ3) is 5.99. The molecule has 0 aromatic heterocycles. The third-order valence-electron chi connectivity index (χ3n) is 0.167. The maximum atomic E-state index is 8.93. The summed E-state index contributed by atoms with van der Waals surface area (Å²) >= 11 is 0. The summed E-state index contributed by atoms with van der Waals surface area (Å²) in [5.74, 6) is -4.37. The van der Waals surface area contributed by atoms with Gasteiger partial charge in [0, 0.05) is 31.1 Å². The van der Waals surface area contributed by atoms with E-state index in [4.69, 9.17) is 19.8 Å². The van der Waals surface area contributed by atoms with Crippen LogP contribution >= 0.6 is 0 Å². The van der Waals surface area contributed by atoms with Crippen molar-refractivity contribution in [2.45, 2.75) is 0 Å². The fraction of sp³-hybridized carbons (Fsp3) is 0. The molecule has 0 rings (SSSR count). The Kier molecular flexibility index (Phi) is 5.99. The van der Waals surface area contributed by atoms with Gasteiger partial charge in [0.25, 0.3) is 0 Å². The minimum Gasteiger partial charge on any atom is -0.543 e. The molecule has 0 spiro atoms. The molecule has 0 saturated carbocycles. The van der Waals surface area contributed by atoms with Gasteiger partial charge in [0.05, 0.1) is 11.9 Å². The summed E-state index contributed by atoms with van der Waals surface area (Å²) in [6.07, 6.45) is 0. The summed E-state index contributed by atoms with van der Waals surface area (Å²) in [4.78, 5) is 17.9. The van der Waals surface area contributed by atoms with Gasteiger partial charge in [0.1, 0.15) is 0 Å². The Morgan fingerprint density at radius 3 is 1.14 bits per heavy atom. The van der Waals surface area contributed by atoms with Crippen LogP contribution in [0.2, 0.25) is 0 Å². The SMILES string of the molecule is O=C([O-])C(=O)[O-].[U]. The van der Waals surface area contributed by atoms with Crippen molar-refractivity contribution in [3.8, 4) is 0 Å². The van der Waals surface area contributed by atoms with E-state index in [1.165, 1.54) is 0 Å². The molecule has 0 aliphatic carbocycles. The van der Waals surface area contributed by atoms with Gasteiger partial charge in [-0.15, -0.1) is 0 Å². The van der Waals surface area contributed by atoms with Gasteiger partial charge >= 0.3 is 0 Å². The standard InChI is InChI=1S/C2H2O4.U/c3-1(4)2(5)6;/h(H,3,4)(H,5,6);/p-2. The summed E-state index contributed by atoms with van der Waals surface area (Å²) < 4.78 is 0. The molecule has 5 heteroatoms. The topological polar surface area (TPSA) is 80.3 Å². The Labute approximate surface area is 62.9 Å². The van der Waals surface area contributed by atoms with E-state index in [2.05, 4.69) is 0 Å². The van der Waals surface area contributed by atoms with Crippen LogP contribution in [-0.4, -0.2) is 11.9 Å². The number of carbonyl (C=O) groups is 2. The molecule has 0 heterocycles. The first-order chi connectivity index (χ1) is 2.64. The van der Waals surface area contributed by atoms with Crippen molar-refractivity contribution in [1.29, 1.82) is 0 Å². The smallest absolute Gasteiger partial charge is 0.0870 e. The van der Waals surface area contributed by atoms with Gasteiger partial charge in [-0.05, 0) is 0 Å². The van der Waals surface area contributed by atoms with E-state index >= 15 is 0 Å². The van der Waals surface area contributed by atoms with Crippen LogP contribution in [0.1, 0.15) is 0 Å². The fourth-order valence-electron chi connectivity index (χ4n) is 0. The Hall–Kier alpha value is -0.00805. The molecule has 0 bridgehead atoms. The van der Waals surface area contributed by atoms with Crippen LogP contribution in [0, 0.1) is 31.1 Å². The van der Waals surface area contributed by atoms with Crippen LogP contribution in [0.3, 0.4) is 0 Å². The number of carbonyl (C=O) groups excluding carboxylic acids is 2. The number of carboxylic acid groups (broad SMARTS) is 2. The van der Waals surface area contributed by atoms with Crippen LogP contribution in [0.15, 0.2) is 0 Å². The Balaban J connectivity index is 0. The van der Waals surface area contributed by atoms with E-state index in [0.29, 0.717) is 0 Å². The average Bonchev–Trinajstić information content (AvgIpc) is 1.36. The van der Waals surface area contributed by atoms with E-state index in [-0.39, 0.29) is 31.1 Å². The monoisotopic (exact) mass is 326 g/mol. The minimum absolute atomic E-state index is 0. The number of rotatable bonds is 0. The van der Waals surface area contributed by atoms with Gasteiger partial charge in [-0.1, -0.05) is 0 Å². The quantitative estimate of drug-likeness (QED) is 0.433. The van der Waals surface area contributed by atoms with Crippen LogP contribution in [0.4, 0.5) is 0 Å². The normalized spacial score (nSPS) is 6.29. The Bertz CT molecular complexity index is 75.7. The first kappa shape index (κ1) is 10.1. The zero-order valence-corrected chi connectivity index (χ0v) is 7.30. The van der Waals surface area contributed by atoms with Crippen molar-refractivity contribution in [3.05, 3.63) is 0 Å². The molecule has 0 amide bonds. The second-order valence-corrected chi connectivity index (χ2v) is 0.575. The molecule has 4 nitrogen and oxygen atoms in total. The zero-order chi connectivity index (χ0) is 5.15. The van der Waals surface area contributed by atoms with Gasteiger partial charge in [0.2, 0.25) is 0 Å². The second kappa shape index (κ2) is 4.16. The molecule has 7 heavy (non-hydrogen) atoms. The Morgan fingerprint density at radius 1 is 1.00 bits per heavy atom. The third-order valence-corrected chi connectivity index (χ3v) is 0.167. The van der Waals surface area contributed by atoms with E-state index < -0.39 is 11.9 Å². The van der Waals surface area contributed by atoms with Gasteiger partial charge in [-0.25, -0.2) is 0 Å². The van der Waals surface area contributed by atoms with Crippen molar-refractivity contribution in [2.75, 3.05) is 0 Å². The van der Waals surface area contributed by atoms with E-state index in [0.717, 1.165) is 0 Å². The van der Waals surface area contributed by atoms with E-state index in [9.17, 15) is 0 Å². The molecule has 0 aliphatic heterocycles. The van der Waals surface area contributed by atoms with Crippen molar-refractivity contribution >= 4 is 11.9 Å². The van der Waals surface area contributed by atoms with Gasteiger partial charge in [-0.3, -0.25) is 0 Å². The van der Waals surface area contributed by atoms with Gasteiger partial charge in [0.15, 0.2) is 0 Å². The maximum Gasteiger partial charge on any atom is 0.0870 e. The predicted molar refractivity (Wildman–Crippen MR) is 10.0 cm³/mol. The minimum atomic E-state index is -2.19. The van der Waals surface area contributed by atoms with Gasteiger partial charge < -0.3 is 19.8 Å². The summed E-state index contributed by atoms with van der Waals surface area (Å²) in [6, 6.07) is 0. The number of hydrogen-bond acceptors (Lipinski definition) is 4. The van der Waals surface area contributed by atoms with Crippen molar-refractivity contribution in [2.24, 2.45) is 0 Å². The molecule has 0 aliphatic rings. The zero-order valence-electron chi connectivity index (χ0n) is 3.13. The molecular formula is C2O4U-2. The second-order valence-electron chi connectivity index (χ2n) is 0.575. The van der Waals surface area contributed by atoms with Crippen LogP contribution in [0.5, 0.6) is 0 Å². The van der Waals surface area contributed by atoms with Crippen LogP contribution in [-0.2, 0) is 9.59 Å².